The number of nitrogens with zero attached hydrogens (tertiary/aromatic N) is 1. The number of rotatable bonds is 5. The van der Waals surface area contributed by atoms with E-state index in [0.29, 0.717) is 21.6 Å². The topological polar surface area (TPSA) is 57.1 Å². The van der Waals surface area contributed by atoms with E-state index in [2.05, 4.69) is 5.32 Å². The lowest BCUT2D eigenvalue weighted by Gasteiger charge is -2.16. The lowest BCUT2D eigenvalue weighted by Crippen LogP contribution is -2.17. The summed E-state index contributed by atoms with van der Waals surface area (Å²) in [6.45, 7) is 0.889. The molecule has 3 aromatic rings. The summed E-state index contributed by atoms with van der Waals surface area (Å²) in [6, 6.07) is 9.98. The van der Waals surface area contributed by atoms with Crippen LogP contribution >= 0.6 is 0 Å². The molecular formula is C21H21FN2O2S. The van der Waals surface area contributed by atoms with Crippen LogP contribution in [0.3, 0.4) is 0 Å². The highest BCUT2D eigenvalue weighted by atomic mass is 32.2. The predicted molar refractivity (Wildman–Crippen MR) is 108 cm³/mol. The first-order valence-corrected chi connectivity index (χ1v) is 10.5. The van der Waals surface area contributed by atoms with E-state index in [1.54, 1.807) is 25.6 Å². The number of anilines is 1. The molecule has 0 amide bonds. The number of nitrogens with one attached hydrogen (secondary N) is 1. The zero-order valence-electron chi connectivity index (χ0n) is 15.3. The zero-order chi connectivity index (χ0) is 19.1. The van der Waals surface area contributed by atoms with Crippen LogP contribution in [-0.2, 0) is 18.2 Å². The highest BCUT2D eigenvalue weighted by molar-refractivity contribution is 7.90. The normalized spacial score (nSPS) is 15.1. The molecule has 1 fully saturated rings. The average molecular weight is 384 g/mol. The minimum absolute atomic E-state index is 0.240. The van der Waals surface area contributed by atoms with Crippen LogP contribution in [-0.4, -0.2) is 21.9 Å². The molecular weight excluding hydrogens is 363 g/mol. The molecule has 0 aliphatic heterocycles. The van der Waals surface area contributed by atoms with Crippen LogP contribution in [0.25, 0.3) is 21.9 Å². The number of benzene rings is 2. The SMILES string of the molecule is Cn1cc(-c2cc([S+](C)[O-])ccc2NCC2CC2)c2ccc(F)cc2c1=O. The van der Waals surface area contributed by atoms with Crippen LogP contribution in [0.1, 0.15) is 12.8 Å². The number of aryl methyl sites for hydroxylation is 1. The van der Waals surface area contributed by atoms with Gasteiger partial charge < -0.3 is 14.4 Å². The van der Waals surface area contributed by atoms with Crippen LogP contribution < -0.4 is 10.9 Å². The molecule has 1 aliphatic carbocycles. The standard InChI is InChI=1S/C21H21FN2O2S/c1-24-12-19(16-7-5-14(22)9-18(16)21(24)25)17-10-15(27(2)26)6-8-20(17)23-11-13-3-4-13/h5-10,12-13,23H,3-4,11H2,1-2H3. The van der Waals surface area contributed by atoms with E-state index >= 15 is 0 Å². The van der Waals surface area contributed by atoms with Crippen LogP contribution in [0.15, 0.2) is 52.3 Å². The minimum Gasteiger partial charge on any atom is -0.612 e. The first-order chi connectivity index (χ1) is 12.9. The van der Waals surface area contributed by atoms with Crippen LogP contribution in [0.5, 0.6) is 0 Å². The van der Waals surface area contributed by atoms with E-state index < -0.39 is 17.0 Å². The van der Waals surface area contributed by atoms with Crippen molar-refractivity contribution in [3.05, 3.63) is 58.8 Å². The van der Waals surface area contributed by atoms with E-state index in [0.717, 1.165) is 23.4 Å². The summed E-state index contributed by atoms with van der Waals surface area (Å²) in [7, 11) is 1.66. The number of aromatic nitrogens is 1. The molecule has 4 nitrogen and oxygen atoms in total. The number of hydrogen-bond donors (Lipinski definition) is 1. The third kappa shape index (κ3) is 3.59. The number of hydrogen-bond acceptors (Lipinski definition) is 3. The fraction of sp³-hybridized carbons (Fsp3) is 0.286. The molecule has 2 aromatic carbocycles. The first-order valence-electron chi connectivity index (χ1n) is 8.94. The monoisotopic (exact) mass is 384 g/mol. The Morgan fingerprint density at radius 2 is 1.96 bits per heavy atom. The molecule has 1 aliphatic rings. The highest BCUT2D eigenvalue weighted by Crippen LogP contribution is 2.36. The Kier molecular flexibility index (Phi) is 4.70. The van der Waals surface area contributed by atoms with Crippen LogP contribution in [0, 0.1) is 11.7 Å². The largest absolute Gasteiger partial charge is 0.612 e. The molecule has 0 saturated heterocycles. The lowest BCUT2D eigenvalue weighted by molar-refractivity contribution is 0.601. The molecule has 1 unspecified atom stereocenters. The molecule has 0 bridgehead atoms. The highest BCUT2D eigenvalue weighted by Gasteiger charge is 2.22. The summed E-state index contributed by atoms with van der Waals surface area (Å²) in [5.41, 5.74) is 2.38. The molecule has 27 heavy (non-hydrogen) atoms. The van der Waals surface area contributed by atoms with E-state index in [1.807, 2.05) is 18.2 Å². The molecule has 1 saturated carbocycles. The molecule has 0 spiro atoms. The Hall–Kier alpha value is -2.31. The van der Waals surface area contributed by atoms with Gasteiger partial charge in [-0.1, -0.05) is 6.07 Å². The lowest BCUT2D eigenvalue weighted by atomic mass is 9.99. The Morgan fingerprint density at radius 3 is 2.67 bits per heavy atom. The van der Waals surface area contributed by atoms with Crippen molar-refractivity contribution in [2.45, 2.75) is 17.7 Å². The van der Waals surface area contributed by atoms with Crippen molar-refractivity contribution in [2.75, 3.05) is 18.1 Å². The van der Waals surface area contributed by atoms with Gasteiger partial charge in [0.15, 0.2) is 4.90 Å². The van der Waals surface area contributed by atoms with Crippen LogP contribution in [0.2, 0.25) is 0 Å². The fourth-order valence-corrected chi connectivity index (χ4v) is 3.85. The third-order valence-corrected chi connectivity index (χ3v) is 5.95. The Morgan fingerprint density at radius 1 is 1.19 bits per heavy atom. The van der Waals surface area contributed by atoms with Crippen molar-refractivity contribution in [1.82, 2.24) is 4.57 Å². The van der Waals surface area contributed by atoms with E-state index in [4.69, 9.17) is 0 Å². The average Bonchev–Trinajstić information content (AvgIpc) is 3.47. The maximum absolute atomic E-state index is 13.7. The number of fused-ring (bicyclic) bond motifs is 1. The maximum Gasteiger partial charge on any atom is 0.258 e. The molecule has 6 heteroatoms. The molecule has 0 radical (unpaired) electrons. The molecule has 1 atom stereocenters. The molecule has 1 heterocycles. The Bertz CT molecular complexity index is 1070. The van der Waals surface area contributed by atoms with Crippen molar-refractivity contribution in [3.63, 3.8) is 0 Å². The van der Waals surface area contributed by atoms with Gasteiger partial charge >= 0.3 is 0 Å². The van der Waals surface area contributed by atoms with E-state index in [-0.39, 0.29) is 5.56 Å². The number of pyridine rings is 1. The summed E-state index contributed by atoms with van der Waals surface area (Å²) in [6.07, 6.45) is 5.89. The number of halogens is 1. The van der Waals surface area contributed by atoms with Crippen LogP contribution in [0.4, 0.5) is 10.1 Å². The second kappa shape index (κ2) is 7.02. The van der Waals surface area contributed by atoms with Crippen molar-refractivity contribution < 1.29 is 8.94 Å². The van der Waals surface area contributed by atoms with Crippen molar-refractivity contribution in [3.8, 4) is 11.1 Å². The van der Waals surface area contributed by atoms with Gasteiger partial charge in [-0.15, -0.1) is 0 Å². The zero-order valence-corrected chi connectivity index (χ0v) is 16.1. The van der Waals surface area contributed by atoms with Gasteiger partial charge in [0.25, 0.3) is 5.56 Å². The minimum atomic E-state index is -1.13. The summed E-state index contributed by atoms with van der Waals surface area (Å²) in [4.78, 5) is 13.2. The molecule has 4 rings (SSSR count). The van der Waals surface area contributed by atoms with Crippen molar-refractivity contribution in [2.24, 2.45) is 13.0 Å². The summed E-state index contributed by atoms with van der Waals surface area (Å²) >= 11 is -1.13. The van der Waals surface area contributed by atoms with Gasteiger partial charge in [-0.3, -0.25) is 4.79 Å². The first kappa shape index (κ1) is 18.1. The second-order valence-corrected chi connectivity index (χ2v) is 8.51. The van der Waals surface area contributed by atoms with E-state index in [1.165, 1.54) is 29.5 Å². The summed E-state index contributed by atoms with van der Waals surface area (Å²) in [5.74, 6) is 0.260. The van der Waals surface area contributed by atoms with Crippen molar-refractivity contribution >= 4 is 27.6 Å². The van der Waals surface area contributed by atoms with Gasteiger partial charge in [0.2, 0.25) is 0 Å². The maximum atomic E-state index is 13.7. The second-order valence-electron chi connectivity index (χ2n) is 7.13. The van der Waals surface area contributed by atoms with Gasteiger partial charge in [-0.25, -0.2) is 4.39 Å². The van der Waals surface area contributed by atoms with E-state index in [9.17, 15) is 13.7 Å². The predicted octanol–water partition coefficient (Wildman–Crippen LogP) is 3.90. The van der Waals surface area contributed by atoms with Crippen molar-refractivity contribution in [1.29, 1.82) is 0 Å². The molecule has 1 aromatic heterocycles. The van der Waals surface area contributed by atoms with Gasteiger partial charge in [-0.2, -0.15) is 0 Å². The quantitative estimate of drug-likeness (QED) is 0.679. The Labute approximate surface area is 160 Å². The Balaban J connectivity index is 1.94. The van der Waals surface area contributed by atoms with Gasteiger partial charge in [0, 0.05) is 42.7 Å². The summed E-state index contributed by atoms with van der Waals surface area (Å²) in [5, 5.41) is 4.52. The fourth-order valence-electron chi connectivity index (χ4n) is 3.31. The van der Waals surface area contributed by atoms with Gasteiger partial charge in [-0.05, 0) is 59.6 Å². The van der Waals surface area contributed by atoms with Gasteiger partial charge in [0.05, 0.1) is 5.39 Å². The smallest absolute Gasteiger partial charge is 0.258 e. The molecule has 140 valence electrons. The summed E-state index contributed by atoms with van der Waals surface area (Å²) < 4.78 is 27.2. The van der Waals surface area contributed by atoms with Gasteiger partial charge in [0.1, 0.15) is 12.1 Å². The molecule has 1 N–H and O–H groups in total. The third-order valence-electron chi connectivity index (χ3n) is 5.04.